The average Bonchev–Trinajstić information content (AvgIpc) is 2.30. The number of rotatable bonds is 5. The molecule has 0 aromatic heterocycles. The molecule has 4 unspecified atom stereocenters. The molecule has 0 saturated heterocycles. The molecule has 1 fully saturated rings. The number of hydrogen-bond acceptors (Lipinski definition) is 2. The van der Waals surface area contributed by atoms with Gasteiger partial charge in [-0.2, -0.15) is 5.26 Å². The van der Waals surface area contributed by atoms with Crippen LogP contribution in [-0.4, -0.2) is 15.2 Å². The van der Waals surface area contributed by atoms with Crippen LogP contribution in [0.1, 0.15) is 52.4 Å². The molecule has 4 atom stereocenters. The SMILES string of the molecule is CCCC1CCC(C#N)C(S(=O)CCC)C1. The first-order chi connectivity index (χ1) is 7.72. The molecule has 3 heteroatoms. The highest BCUT2D eigenvalue weighted by molar-refractivity contribution is 7.85. The van der Waals surface area contributed by atoms with Crippen molar-refractivity contribution in [1.29, 1.82) is 5.26 Å². The number of nitrogens with zero attached hydrogens (tertiary/aromatic N) is 1. The first kappa shape index (κ1) is 13.7. The molecule has 0 radical (unpaired) electrons. The van der Waals surface area contributed by atoms with Gasteiger partial charge in [0.05, 0.1) is 17.2 Å². The van der Waals surface area contributed by atoms with Crippen molar-refractivity contribution in [1.82, 2.24) is 0 Å². The molecule has 0 aromatic rings. The zero-order chi connectivity index (χ0) is 12.0. The highest BCUT2D eigenvalue weighted by atomic mass is 32.2. The van der Waals surface area contributed by atoms with Gasteiger partial charge in [0, 0.05) is 16.6 Å². The van der Waals surface area contributed by atoms with Crippen LogP contribution in [0.3, 0.4) is 0 Å². The van der Waals surface area contributed by atoms with Crippen molar-refractivity contribution in [3.8, 4) is 6.07 Å². The minimum absolute atomic E-state index is 0.0421. The fraction of sp³-hybridized carbons (Fsp3) is 0.923. The van der Waals surface area contributed by atoms with E-state index in [0.717, 1.165) is 31.4 Å². The van der Waals surface area contributed by atoms with Crippen molar-refractivity contribution in [2.45, 2.75) is 57.6 Å². The molecule has 0 spiro atoms. The Morgan fingerprint density at radius 2 is 2.06 bits per heavy atom. The molecule has 1 aliphatic rings. The van der Waals surface area contributed by atoms with E-state index in [0.29, 0.717) is 5.92 Å². The minimum Gasteiger partial charge on any atom is -0.259 e. The number of nitriles is 1. The largest absolute Gasteiger partial charge is 0.259 e. The van der Waals surface area contributed by atoms with E-state index in [9.17, 15) is 4.21 Å². The molecule has 0 amide bonds. The average molecular weight is 241 g/mol. The molecular weight excluding hydrogens is 218 g/mol. The van der Waals surface area contributed by atoms with E-state index in [4.69, 9.17) is 5.26 Å². The Balaban J connectivity index is 2.60. The maximum atomic E-state index is 12.1. The fourth-order valence-electron chi connectivity index (χ4n) is 2.67. The monoisotopic (exact) mass is 241 g/mol. The molecular formula is C13H23NOS. The number of hydrogen-bond donors (Lipinski definition) is 0. The van der Waals surface area contributed by atoms with Crippen LogP contribution in [0.2, 0.25) is 0 Å². The summed E-state index contributed by atoms with van der Waals surface area (Å²) in [5.74, 6) is 1.52. The van der Waals surface area contributed by atoms with E-state index in [2.05, 4.69) is 19.9 Å². The van der Waals surface area contributed by atoms with Gasteiger partial charge < -0.3 is 0 Å². The van der Waals surface area contributed by atoms with Gasteiger partial charge in [-0.05, 0) is 31.6 Å². The van der Waals surface area contributed by atoms with E-state index in [1.165, 1.54) is 12.8 Å². The molecule has 0 heterocycles. The summed E-state index contributed by atoms with van der Waals surface area (Å²) < 4.78 is 12.1. The van der Waals surface area contributed by atoms with Crippen LogP contribution in [-0.2, 0) is 10.8 Å². The van der Waals surface area contributed by atoms with Gasteiger partial charge in [0.25, 0.3) is 0 Å². The summed E-state index contributed by atoms with van der Waals surface area (Å²) in [6, 6.07) is 2.36. The Morgan fingerprint density at radius 3 is 2.62 bits per heavy atom. The van der Waals surface area contributed by atoms with Gasteiger partial charge in [-0.15, -0.1) is 0 Å². The molecule has 16 heavy (non-hydrogen) atoms. The standard InChI is InChI=1S/C13H23NOS/c1-3-5-11-6-7-12(10-14)13(9-11)16(15)8-4-2/h11-13H,3-9H2,1-2H3. The Labute approximate surface area is 102 Å². The van der Waals surface area contributed by atoms with Crippen molar-refractivity contribution in [3.63, 3.8) is 0 Å². The summed E-state index contributed by atoms with van der Waals surface area (Å²) in [6.07, 6.45) is 6.53. The zero-order valence-electron chi connectivity index (χ0n) is 10.4. The van der Waals surface area contributed by atoms with Gasteiger partial charge in [0.1, 0.15) is 0 Å². The molecule has 0 bridgehead atoms. The fourth-order valence-corrected chi connectivity index (χ4v) is 4.43. The van der Waals surface area contributed by atoms with Crippen LogP contribution in [0.15, 0.2) is 0 Å². The summed E-state index contributed by atoms with van der Waals surface area (Å²) >= 11 is 0. The van der Waals surface area contributed by atoms with E-state index in [-0.39, 0.29) is 11.2 Å². The summed E-state index contributed by atoms with van der Waals surface area (Å²) in [5.41, 5.74) is 0. The second-order valence-electron chi connectivity index (χ2n) is 4.83. The first-order valence-electron chi connectivity index (χ1n) is 6.49. The van der Waals surface area contributed by atoms with Crippen LogP contribution in [0.25, 0.3) is 0 Å². The smallest absolute Gasteiger partial charge is 0.0668 e. The molecule has 1 rings (SSSR count). The maximum absolute atomic E-state index is 12.1. The second-order valence-corrected chi connectivity index (χ2v) is 6.60. The van der Waals surface area contributed by atoms with Crippen LogP contribution >= 0.6 is 0 Å². The van der Waals surface area contributed by atoms with Crippen LogP contribution in [0, 0.1) is 23.2 Å². The Morgan fingerprint density at radius 1 is 1.31 bits per heavy atom. The van der Waals surface area contributed by atoms with Gasteiger partial charge in [-0.25, -0.2) is 0 Å². The second kappa shape index (κ2) is 7.06. The van der Waals surface area contributed by atoms with Gasteiger partial charge in [-0.1, -0.05) is 26.7 Å². The lowest BCUT2D eigenvalue weighted by Crippen LogP contribution is -2.33. The minimum atomic E-state index is -0.783. The third-order valence-corrected chi connectivity index (χ3v) is 5.51. The van der Waals surface area contributed by atoms with E-state index >= 15 is 0 Å². The zero-order valence-corrected chi connectivity index (χ0v) is 11.3. The van der Waals surface area contributed by atoms with Crippen molar-refractivity contribution < 1.29 is 4.21 Å². The molecule has 0 aromatic carbocycles. The Hall–Kier alpha value is -0.360. The quantitative estimate of drug-likeness (QED) is 0.741. The maximum Gasteiger partial charge on any atom is 0.0668 e. The predicted molar refractivity (Wildman–Crippen MR) is 68.4 cm³/mol. The van der Waals surface area contributed by atoms with Gasteiger partial charge >= 0.3 is 0 Å². The predicted octanol–water partition coefficient (Wildman–Crippen LogP) is 3.25. The van der Waals surface area contributed by atoms with Crippen LogP contribution in [0.4, 0.5) is 0 Å². The lowest BCUT2D eigenvalue weighted by molar-refractivity contribution is 0.303. The van der Waals surface area contributed by atoms with E-state index in [1.54, 1.807) is 0 Å². The van der Waals surface area contributed by atoms with Crippen molar-refractivity contribution in [3.05, 3.63) is 0 Å². The van der Waals surface area contributed by atoms with Crippen LogP contribution < -0.4 is 0 Å². The van der Waals surface area contributed by atoms with Crippen molar-refractivity contribution in [2.24, 2.45) is 11.8 Å². The van der Waals surface area contributed by atoms with Gasteiger partial charge in [0.2, 0.25) is 0 Å². The van der Waals surface area contributed by atoms with Gasteiger partial charge in [-0.3, -0.25) is 4.21 Å². The van der Waals surface area contributed by atoms with E-state index in [1.807, 2.05) is 0 Å². The molecule has 1 aliphatic carbocycles. The van der Waals surface area contributed by atoms with Crippen molar-refractivity contribution in [2.75, 3.05) is 5.75 Å². The Bertz CT molecular complexity index is 272. The Kier molecular flexibility index (Phi) is 6.05. The van der Waals surface area contributed by atoms with Crippen LogP contribution in [0.5, 0.6) is 0 Å². The lowest BCUT2D eigenvalue weighted by Gasteiger charge is -2.32. The summed E-state index contributed by atoms with van der Waals surface area (Å²) in [4.78, 5) is 0. The lowest BCUT2D eigenvalue weighted by atomic mass is 9.80. The highest BCUT2D eigenvalue weighted by Crippen LogP contribution is 2.34. The summed E-state index contributed by atoms with van der Waals surface area (Å²) in [6.45, 7) is 4.26. The molecule has 1 saturated carbocycles. The summed E-state index contributed by atoms with van der Waals surface area (Å²) in [7, 11) is -0.783. The molecule has 2 nitrogen and oxygen atoms in total. The topological polar surface area (TPSA) is 40.9 Å². The third kappa shape index (κ3) is 3.59. The normalized spacial score (nSPS) is 31.9. The first-order valence-corrected chi connectivity index (χ1v) is 7.87. The van der Waals surface area contributed by atoms with Gasteiger partial charge in [0.15, 0.2) is 0 Å². The molecule has 0 aliphatic heterocycles. The van der Waals surface area contributed by atoms with E-state index < -0.39 is 10.8 Å². The third-order valence-electron chi connectivity index (χ3n) is 3.51. The highest BCUT2D eigenvalue weighted by Gasteiger charge is 2.33. The summed E-state index contributed by atoms with van der Waals surface area (Å²) in [5, 5.41) is 9.26. The molecule has 92 valence electrons. The van der Waals surface area contributed by atoms with Crippen molar-refractivity contribution >= 4 is 10.8 Å². The molecule has 0 N–H and O–H groups in total.